The first-order valence-electron chi connectivity index (χ1n) is 6.54. The van der Waals surface area contributed by atoms with Crippen molar-refractivity contribution in [3.8, 4) is 0 Å². The summed E-state index contributed by atoms with van der Waals surface area (Å²) >= 11 is 0. The average molecular weight is 255 g/mol. The van der Waals surface area contributed by atoms with Gasteiger partial charge < -0.3 is 10.1 Å². The largest absolute Gasteiger partial charge is 0.379 e. The second kappa shape index (κ2) is 5.80. The van der Waals surface area contributed by atoms with Crippen molar-refractivity contribution in [3.05, 3.63) is 18.0 Å². The molecule has 1 aliphatic rings. The third-order valence-corrected chi connectivity index (χ3v) is 3.50. The molecule has 2 atom stereocenters. The zero-order chi connectivity index (χ0) is 13.0. The van der Waals surface area contributed by atoms with Crippen LogP contribution in [0.4, 0.5) is 4.39 Å². The van der Waals surface area contributed by atoms with Crippen molar-refractivity contribution >= 4 is 0 Å². The number of hydrogen-bond donors (Lipinski definition) is 1. The summed E-state index contributed by atoms with van der Waals surface area (Å²) in [6.07, 6.45) is 3.49. The molecule has 5 heteroatoms. The topological polar surface area (TPSA) is 39.1 Å². The molecule has 2 rings (SSSR count). The maximum atomic E-state index is 14.5. The summed E-state index contributed by atoms with van der Waals surface area (Å²) in [6, 6.07) is 2.08. The molecule has 0 aromatic carbocycles. The molecule has 4 nitrogen and oxygen atoms in total. The van der Waals surface area contributed by atoms with Gasteiger partial charge in [-0.05, 0) is 32.3 Å². The number of aromatic nitrogens is 2. The Hall–Kier alpha value is -0.940. The van der Waals surface area contributed by atoms with Crippen molar-refractivity contribution in [3.63, 3.8) is 0 Å². The van der Waals surface area contributed by atoms with Crippen molar-refractivity contribution in [1.29, 1.82) is 0 Å². The van der Waals surface area contributed by atoms with Gasteiger partial charge in [-0.3, -0.25) is 4.68 Å². The highest BCUT2D eigenvalue weighted by Crippen LogP contribution is 2.24. The van der Waals surface area contributed by atoms with Gasteiger partial charge in [-0.25, -0.2) is 4.39 Å². The standard InChI is InChI=1S/C13H22FN3O/c1-13(14,9-11-10-18-8-7-15-11)5-3-12-4-6-16-17(12)2/h4,6,11,15H,3,5,7-10H2,1-2H3. The number of hydrogen-bond acceptors (Lipinski definition) is 3. The van der Waals surface area contributed by atoms with Crippen molar-refractivity contribution < 1.29 is 9.13 Å². The second-order valence-electron chi connectivity index (χ2n) is 5.29. The normalized spacial score (nSPS) is 23.8. The summed E-state index contributed by atoms with van der Waals surface area (Å²) in [5.41, 5.74) is -0.0884. The number of halogens is 1. The monoisotopic (exact) mass is 255 g/mol. The van der Waals surface area contributed by atoms with Crippen LogP contribution in [0.3, 0.4) is 0 Å². The van der Waals surface area contributed by atoms with Crippen molar-refractivity contribution in [2.75, 3.05) is 19.8 Å². The number of nitrogens with one attached hydrogen (secondary N) is 1. The van der Waals surface area contributed by atoms with Crippen molar-refractivity contribution in [1.82, 2.24) is 15.1 Å². The molecule has 0 spiro atoms. The summed E-state index contributed by atoms with van der Waals surface area (Å²) in [4.78, 5) is 0. The number of morpholine rings is 1. The highest BCUT2D eigenvalue weighted by Gasteiger charge is 2.28. The number of alkyl halides is 1. The SMILES string of the molecule is Cn1nccc1CCC(C)(F)CC1COCCN1. The molecule has 0 amide bonds. The molecule has 18 heavy (non-hydrogen) atoms. The van der Waals surface area contributed by atoms with Crippen molar-refractivity contribution in [2.24, 2.45) is 7.05 Å². The first-order valence-corrected chi connectivity index (χ1v) is 6.54. The molecule has 0 saturated carbocycles. The van der Waals surface area contributed by atoms with Gasteiger partial charge in [0.2, 0.25) is 0 Å². The fourth-order valence-electron chi connectivity index (χ4n) is 2.40. The van der Waals surface area contributed by atoms with Gasteiger partial charge in [0.25, 0.3) is 0 Å². The van der Waals surface area contributed by atoms with E-state index >= 15 is 0 Å². The molecular formula is C13H22FN3O. The van der Waals surface area contributed by atoms with E-state index in [2.05, 4.69) is 10.4 Å². The van der Waals surface area contributed by atoms with Crippen LogP contribution in [-0.4, -0.2) is 41.2 Å². The summed E-state index contributed by atoms with van der Waals surface area (Å²) < 4.78 is 21.6. The fraction of sp³-hybridized carbons (Fsp3) is 0.769. The number of rotatable bonds is 5. The molecule has 1 N–H and O–H groups in total. The summed E-state index contributed by atoms with van der Waals surface area (Å²) in [6.45, 7) is 3.85. The molecule has 0 radical (unpaired) electrons. The number of nitrogens with zero attached hydrogens (tertiary/aromatic N) is 2. The van der Waals surface area contributed by atoms with Gasteiger partial charge in [0, 0.05) is 31.5 Å². The van der Waals surface area contributed by atoms with E-state index in [-0.39, 0.29) is 6.04 Å². The lowest BCUT2D eigenvalue weighted by Crippen LogP contribution is -2.44. The summed E-state index contributed by atoms with van der Waals surface area (Å²) in [5, 5.41) is 7.39. The predicted octanol–water partition coefficient (Wildman–Crippen LogP) is 1.46. The Morgan fingerprint density at radius 3 is 3.11 bits per heavy atom. The first kappa shape index (κ1) is 13.5. The van der Waals surface area contributed by atoms with Crippen LogP contribution in [0.2, 0.25) is 0 Å². The van der Waals surface area contributed by atoms with E-state index in [1.807, 2.05) is 13.1 Å². The molecule has 1 aliphatic heterocycles. The molecule has 1 saturated heterocycles. The first-order chi connectivity index (χ1) is 8.57. The molecule has 1 fully saturated rings. The number of aryl methyl sites for hydroxylation is 2. The van der Waals surface area contributed by atoms with Crippen LogP contribution >= 0.6 is 0 Å². The fourth-order valence-corrected chi connectivity index (χ4v) is 2.40. The maximum Gasteiger partial charge on any atom is 0.110 e. The van der Waals surface area contributed by atoms with Gasteiger partial charge >= 0.3 is 0 Å². The third kappa shape index (κ3) is 3.78. The van der Waals surface area contributed by atoms with Gasteiger partial charge in [0.1, 0.15) is 5.67 Å². The zero-order valence-electron chi connectivity index (χ0n) is 11.2. The summed E-state index contributed by atoms with van der Waals surface area (Å²) in [7, 11) is 1.89. The predicted molar refractivity (Wildman–Crippen MR) is 68.3 cm³/mol. The van der Waals surface area contributed by atoms with E-state index in [0.29, 0.717) is 19.4 Å². The second-order valence-corrected chi connectivity index (χ2v) is 5.29. The molecule has 102 valence electrons. The molecule has 1 aromatic rings. The molecular weight excluding hydrogens is 233 g/mol. The average Bonchev–Trinajstić information content (AvgIpc) is 2.73. The Balaban J connectivity index is 1.81. The minimum atomic E-state index is -1.16. The maximum absolute atomic E-state index is 14.5. The van der Waals surface area contributed by atoms with Crippen LogP contribution in [-0.2, 0) is 18.2 Å². The quantitative estimate of drug-likeness (QED) is 0.866. The van der Waals surface area contributed by atoms with Crippen molar-refractivity contribution in [2.45, 2.75) is 37.9 Å². The Morgan fingerprint density at radius 1 is 1.67 bits per heavy atom. The lowest BCUT2D eigenvalue weighted by atomic mass is 9.93. The van der Waals surface area contributed by atoms with Gasteiger partial charge in [-0.2, -0.15) is 5.10 Å². The van der Waals surface area contributed by atoms with E-state index in [4.69, 9.17) is 4.74 Å². The molecule has 2 unspecified atom stereocenters. The Kier molecular flexibility index (Phi) is 4.35. The van der Waals surface area contributed by atoms with Crippen LogP contribution in [0.1, 0.15) is 25.5 Å². The van der Waals surface area contributed by atoms with Crippen LogP contribution in [0, 0.1) is 0 Å². The van der Waals surface area contributed by atoms with E-state index in [0.717, 1.165) is 25.3 Å². The minimum Gasteiger partial charge on any atom is -0.379 e. The molecule has 0 aliphatic carbocycles. The highest BCUT2D eigenvalue weighted by atomic mass is 19.1. The van der Waals surface area contributed by atoms with E-state index in [1.165, 1.54) is 0 Å². The summed E-state index contributed by atoms with van der Waals surface area (Å²) in [5.74, 6) is 0. The number of ether oxygens (including phenoxy) is 1. The third-order valence-electron chi connectivity index (χ3n) is 3.50. The van der Waals surface area contributed by atoms with Gasteiger partial charge in [-0.15, -0.1) is 0 Å². The van der Waals surface area contributed by atoms with Crippen LogP contribution < -0.4 is 5.32 Å². The molecule has 1 aromatic heterocycles. The van der Waals surface area contributed by atoms with E-state index < -0.39 is 5.67 Å². The van der Waals surface area contributed by atoms with Crippen LogP contribution in [0.15, 0.2) is 12.3 Å². The van der Waals surface area contributed by atoms with Crippen LogP contribution in [0.25, 0.3) is 0 Å². The zero-order valence-corrected chi connectivity index (χ0v) is 11.2. The van der Waals surface area contributed by atoms with Gasteiger partial charge in [0.15, 0.2) is 0 Å². The molecule has 2 heterocycles. The molecule has 0 bridgehead atoms. The van der Waals surface area contributed by atoms with Gasteiger partial charge in [-0.1, -0.05) is 0 Å². The lowest BCUT2D eigenvalue weighted by Gasteiger charge is -2.30. The minimum absolute atomic E-state index is 0.139. The smallest absolute Gasteiger partial charge is 0.110 e. The van der Waals surface area contributed by atoms with Gasteiger partial charge in [0.05, 0.1) is 13.2 Å². The lowest BCUT2D eigenvalue weighted by molar-refractivity contribution is 0.0458. The Bertz CT molecular complexity index is 372. The Morgan fingerprint density at radius 2 is 2.50 bits per heavy atom. The highest BCUT2D eigenvalue weighted by molar-refractivity contribution is 5.01. The van der Waals surface area contributed by atoms with E-state index in [1.54, 1.807) is 17.8 Å². The van der Waals surface area contributed by atoms with Crippen LogP contribution in [0.5, 0.6) is 0 Å². The Labute approximate surface area is 108 Å². The van der Waals surface area contributed by atoms with E-state index in [9.17, 15) is 4.39 Å².